The molecule has 0 aliphatic carbocycles. The molecule has 0 saturated carbocycles. The largest absolute Gasteiger partial charge is 0.511 e. The summed E-state index contributed by atoms with van der Waals surface area (Å²) in [6.45, 7) is 1.66. The molecule has 0 unspecified atom stereocenters. The lowest BCUT2D eigenvalue weighted by Gasteiger charge is -2.03. The normalized spacial score (nSPS) is 9.42. The molecule has 0 aliphatic rings. The summed E-state index contributed by atoms with van der Waals surface area (Å²) in [7, 11) is 0. The second-order valence-electron chi connectivity index (χ2n) is 2.29. The number of aromatic hydroxyl groups is 1. The first kappa shape index (κ1) is 8.39. The number of hydrogen-bond donors (Lipinski definition) is 2. The smallest absolute Gasteiger partial charge is 0.504 e. The second kappa shape index (κ2) is 3.13. The Morgan fingerprint density at radius 2 is 2.17 bits per heavy atom. The van der Waals surface area contributed by atoms with Crippen LogP contribution in [0.1, 0.15) is 5.56 Å². The zero-order valence-electron chi connectivity index (χ0n) is 6.44. The molecule has 4 heteroatoms. The van der Waals surface area contributed by atoms with Gasteiger partial charge in [-0.05, 0) is 18.6 Å². The molecule has 0 radical (unpaired) electrons. The van der Waals surface area contributed by atoms with E-state index >= 15 is 0 Å². The number of phenolic OH excluding ortho intramolecular Hbond substituents is 1. The van der Waals surface area contributed by atoms with Crippen LogP contribution in [0.2, 0.25) is 0 Å². The highest BCUT2D eigenvalue weighted by Crippen LogP contribution is 2.28. The van der Waals surface area contributed by atoms with Crippen LogP contribution in [0, 0.1) is 6.92 Å². The molecule has 0 bridgehead atoms. The molecular formula is C8H8O4. The third-order valence-electron chi connectivity index (χ3n) is 1.40. The monoisotopic (exact) mass is 168 g/mol. The Balaban J connectivity index is 3.00. The SMILES string of the molecule is Cc1cccc(OC(=O)O)c1O. The molecule has 2 N–H and O–H groups in total. The van der Waals surface area contributed by atoms with E-state index in [1.807, 2.05) is 0 Å². The van der Waals surface area contributed by atoms with Crippen molar-refractivity contribution >= 4 is 6.16 Å². The second-order valence-corrected chi connectivity index (χ2v) is 2.29. The molecule has 0 aliphatic heterocycles. The standard InChI is InChI=1S/C8H8O4/c1-5-3-2-4-6(7(5)9)12-8(10)11/h2-4,9H,1H3,(H,10,11). The van der Waals surface area contributed by atoms with Crippen molar-refractivity contribution in [1.29, 1.82) is 0 Å². The van der Waals surface area contributed by atoms with Gasteiger partial charge in [-0.15, -0.1) is 0 Å². The number of aryl methyl sites for hydroxylation is 1. The molecule has 0 aromatic heterocycles. The quantitative estimate of drug-likeness (QED) is 0.495. The van der Waals surface area contributed by atoms with E-state index < -0.39 is 6.16 Å². The number of phenols is 1. The van der Waals surface area contributed by atoms with Crippen molar-refractivity contribution in [2.24, 2.45) is 0 Å². The minimum Gasteiger partial charge on any atom is -0.504 e. The summed E-state index contributed by atoms with van der Waals surface area (Å²) in [4.78, 5) is 10.1. The Morgan fingerprint density at radius 1 is 1.50 bits per heavy atom. The van der Waals surface area contributed by atoms with Crippen LogP contribution in [-0.4, -0.2) is 16.4 Å². The predicted octanol–water partition coefficient (Wildman–Crippen LogP) is 1.76. The van der Waals surface area contributed by atoms with Crippen LogP contribution in [0.3, 0.4) is 0 Å². The first-order valence-electron chi connectivity index (χ1n) is 3.30. The van der Waals surface area contributed by atoms with Crippen molar-refractivity contribution in [3.63, 3.8) is 0 Å². The van der Waals surface area contributed by atoms with Crippen LogP contribution < -0.4 is 4.74 Å². The van der Waals surface area contributed by atoms with E-state index in [2.05, 4.69) is 4.74 Å². The maximum absolute atomic E-state index is 10.1. The van der Waals surface area contributed by atoms with Crippen molar-refractivity contribution in [3.8, 4) is 11.5 Å². The van der Waals surface area contributed by atoms with Gasteiger partial charge in [-0.3, -0.25) is 0 Å². The lowest BCUT2D eigenvalue weighted by atomic mass is 10.2. The van der Waals surface area contributed by atoms with Gasteiger partial charge in [-0.2, -0.15) is 0 Å². The maximum Gasteiger partial charge on any atom is 0.511 e. The summed E-state index contributed by atoms with van der Waals surface area (Å²) in [6, 6.07) is 4.65. The van der Waals surface area contributed by atoms with E-state index in [0.29, 0.717) is 5.56 Å². The molecule has 12 heavy (non-hydrogen) atoms. The van der Waals surface area contributed by atoms with Gasteiger partial charge in [-0.1, -0.05) is 12.1 Å². The van der Waals surface area contributed by atoms with Crippen LogP contribution in [-0.2, 0) is 0 Å². The molecular weight excluding hydrogens is 160 g/mol. The Kier molecular flexibility index (Phi) is 2.19. The van der Waals surface area contributed by atoms with Gasteiger partial charge >= 0.3 is 6.16 Å². The fourth-order valence-corrected chi connectivity index (χ4v) is 0.808. The molecule has 0 fully saturated rings. The molecule has 1 aromatic rings. The summed E-state index contributed by atoms with van der Waals surface area (Å²) in [5.41, 5.74) is 0.578. The van der Waals surface area contributed by atoms with E-state index in [0.717, 1.165) is 0 Å². The maximum atomic E-state index is 10.1. The summed E-state index contributed by atoms with van der Waals surface area (Å²) in [5, 5.41) is 17.5. The van der Waals surface area contributed by atoms with Crippen molar-refractivity contribution in [1.82, 2.24) is 0 Å². The summed E-state index contributed by atoms with van der Waals surface area (Å²) < 4.78 is 4.29. The van der Waals surface area contributed by atoms with Crippen LogP contribution >= 0.6 is 0 Å². The van der Waals surface area contributed by atoms with Crippen LogP contribution in [0.15, 0.2) is 18.2 Å². The number of para-hydroxylation sites is 1. The van der Waals surface area contributed by atoms with Gasteiger partial charge < -0.3 is 14.9 Å². The molecule has 64 valence electrons. The van der Waals surface area contributed by atoms with E-state index in [1.165, 1.54) is 6.07 Å². The third kappa shape index (κ3) is 1.66. The molecule has 0 atom stereocenters. The number of ether oxygens (including phenoxy) is 1. The van der Waals surface area contributed by atoms with Gasteiger partial charge in [0.15, 0.2) is 11.5 Å². The molecule has 1 aromatic carbocycles. The lowest BCUT2D eigenvalue weighted by Crippen LogP contribution is -2.03. The van der Waals surface area contributed by atoms with Gasteiger partial charge in [0.05, 0.1) is 0 Å². The van der Waals surface area contributed by atoms with Gasteiger partial charge in [-0.25, -0.2) is 4.79 Å². The fourth-order valence-electron chi connectivity index (χ4n) is 0.808. The molecule has 4 nitrogen and oxygen atoms in total. The third-order valence-corrected chi connectivity index (χ3v) is 1.40. The minimum atomic E-state index is -1.43. The molecule has 0 saturated heterocycles. The van der Waals surface area contributed by atoms with E-state index in [-0.39, 0.29) is 11.5 Å². The fraction of sp³-hybridized carbons (Fsp3) is 0.125. The highest BCUT2D eigenvalue weighted by atomic mass is 16.7. The molecule has 0 amide bonds. The number of carboxylic acid groups (broad SMARTS) is 1. The number of rotatable bonds is 1. The highest BCUT2D eigenvalue weighted by molar-refractivity contribution is 5.63. The van der Waals surface area contributed by atoms with Crippen molar-refractivity contribution in [3.05, 3.63) is 23.8 Å². The van der Waals surface area contributed by atoms with E-state index in [1.54, 1.807) is 19.1 Å². The Bertz CT molecular complexity index is 306. The van der Waals surface area contributed by atoms with Gasteiger partial charge in [0.2, 0.25) is 0 Å². The Hall–Kier alpha value is -1.71. The molecule has 0 spiro atoms. The van der Waals surface area contributed by atoms with E-state index in [4.69, 9.17) is 5.11 Å². The van der Waals surface area contributed by atoms with Crippen LogP contribution in [0.5, 0.6) is 11.5 Å². The van der Waals surface area contributed by atoms with Crippen molar-refractivity contribution in [2.45, 2.75) is 6.92 Å². The highest BCUT2D eigenvalue weighted by Gasteiger charge is 2.07. The van der Waals surface area contributed by atoms with Crippen LogP contribution in [0.25, 0.3) is 0 Å². The summed E-state index contributed by atoms with van der Waals surface area (Å²) in [6.07, 6.45) is -1.43. The van der Waals surface area contributed by atoms with Crippen LogP contribution in [0.4, 0.5) is 4.79 Å². The zero-order chi connectivity index (χ0) is 9.14. The van der Waals surface area contributed by atoms with Crippen molar-refractivity contribution in [2.75, 3.05) is 0 Å². The molecule has 1 rings (SSSR count). The van der Waals surface area contributed by atoms with E-state index in [9.17, 15) is 9.90 Å². The first-order chi connectivity index (χ1) is 5.61. The number of benzene rings is 1. The first-order valence-corrected chi connectivity index (χ1v) is 3.30. The van der Waals surface area contributed by atoms with Crippen molar-refractivity contribution < 1.29 is 19.7 Å². The number of carbonyl (C=O) groups is 1. The lowest BCUT2D eigenvalue weighted by molar-refractivity contribution is 0.143. The van der Waals surface area contributed by atoms with Gasteiger partial charge in [0.1, 0.15) is 0 Å². The van der Waals surface area contributed by atoms with Gasteiger partial charge in [0.25, 0.3) is 0 Å². The Morgan fingerprint density at radius 3 is 2.75 bits per heavy atom. The molecule has 0 heterocycles. The minimum absolute atomic E-state index is 0.0394. The summed E-state index contributed by atoms with van der Waals surface area (Å²) in [5.74, 6) is -0.178. The average molecular weight is 168 g/mol. The van der Waals surface area contributed by atoms with Gasteiger partial charge in [0, 0.05) is 0 Å². The zero-order valence-corrected chi connectivity index (χ0v) is 6.44. The Labute approximate surface area is 69.0 Å². The average Bonchev–Trinajstić information content (AvgIpc) is 1.98. The topological polar surface area (TPSA) is 66.8 Å². The predicted molar refractivity (Wildman–Crippen MR) is 41.5 cm³/mol. The summed E-state index contributed by atoms with van der Waals surface area (Å²) >= 11 is 0. The number of hydrogen-bond acceptors (Lipinski definition) is 3.